The van der Waals surface area contributed by atoms with E-state index in [0.717, 1.165) is 13.1 Å². The largest absolute Gasteiger partial charge is 0.489 e. The lowest BCUT2D eigenvalue weighted by molar-refractivity contribution is 0.0675. The zero-order chi connectivity index (χ0) is 22.1. The maximum atomic E-state index is 8.66. The predicted octanol–water partition coefficient (Wildman–Crippen LogP) is 4.43. The monoisotopic (exact) mass is 458 g/mol. The van der Waals surface area contributed by atoms with E-state index < -0.39 is 0 Å². The van der Waals surface area contributed by atoms with Crippen LogP contribution in [0, 0.1) is 5.41 Å². The summed E-state index contributed by atoms with van der Waals surface area (Å²) in [6.45, 7) is 6.50. The minimum absolute atomic E-state index is 0.183. The first-order valence-electron chi connectivity index (χ1n) is 10.0. The van der Waals surface area contributed by atoms with E-state index in [0.29, 0.717) is 56.0 Å². The van der Waals surface area contributed by atoms with Gasteiger partial charge in [-0.2, -0.15) is 5.10 Å². The first-order chi connectivity index (χ1) is 14.8. The summed E-state index contributed by atoms with van der Waals surface area (Å²) in [6, 6.07) is 6.11. The van der Waals surface area contributed by atoms with Gasteiger partial charge in [-0.25, -0.2) is 0 Å². The first-order valence-corrected chi connectivity index (χ1v) is 10.8. The summed E-state index contributed by atoms with van der Waals surface area (Å²) in [5.41, 5.74) is 8.91. The third-order valence-corrected chi connectivity index (χ3v) is 6.17. The normalized spacial score (nSPS) is 14.6. The average molecular weight is 459 g/mol. The van der Waals surface area contributed by atoms with E-state index in [1.54, 1.807) is 24.4 Å². The molecule has 0 saturated carbocycles. The van der Waals surface area contributed by atoms with Crippen molar-refractivity contribution in [3.8, 4) is 5.75 Å². The van der Waals surface area contributed by atoms with Crippen molar-refractivity contribution in [2.24, 2.45) is 0 Å². The first kappa shape index (κ1) is 21.6. The Morgan fingerprint density at radius 3 is 2.61 bits per heavy atom. The van der Waals surface area contributed by atoms with Crippen LogP contribution in [0.4, 0.5) is 5.69 Å². The van der Waals surface area contributed by atoms with Crippen molar-refractivity contribution >= 4 is 34.6 Å². The smallest absolute Gasteiger partial charge is 0.120 e. The standard InChI is InChI=1S/C22H24Cl2N6O/c1-13(2)29-10-15(11-29)30-9-14(6-28-30)22(26)17-5-16(3-4-21(17)25)31-12-18-19(23)7-27-8-20(18)24/h3-9,13,15,26H,10-12,25H2,1-2H3. The van der Waals surface area contributed by atoms with Crippen molar-refractivity contribution in [3.63, 3.8) is 0 Å². The highest BCUT2D eigenvalue weighted by atomic mass is 35.5. The van der Waals surface area contributed by atoms with Gasteiger partial charge in [0.15, 0.2) is 0 Å². The van der Waals surface area contributed by atoms with Crippen LogP contribution in [0.25, 0.3) is 0 Å². The van der Waals surface area contributed by atoms with Crippen molar-refractivity contribution in [2.45, 2.75) is 32.5 Å². The van der Waals surface area contributed by atoms with Crippen molar-refractivity contribution in [2.75, 3.05) is 18.8 Å². The van der Waals surface area contributed by atoms with Crippen molar-refractivity contribution < 1.29 is 4.74 Å². The number of anilines is 1. The Kier molecular flexibility index (Phi) is 6.18. The van der Waals surface area contributed by atoms with Crippen molar-refractivity contribution in [1.29, 1.82) is 5.41 Å². The summed E-state index contributed by atoms with van der Waals surface area (Å²) in [5.74, 6) is 0.567. The Morgan fingerprint density at radius 2 is 1.94 bits per heavy atom. The topological polar surface area (TPSA) is 93.0 Å². The summed E-state index contributed by atoms with van der Waals surface area (Å²) in [6.07, 6.45) is 6.67. The summed E-state index contributed by atoms with van der Waals surface area (Å²) >= 11 is 12.3. The molecule has 162 valence electrons. The van der Waals surface area contributed by atoms with Gasteiger partial charge in [-0.15, -0.1) is 0 Å². The van der Waals surface area contributed by atoms with E-state index in [-0.39, 0.29) is 6.61 Å². The molecular weight excluding hydrogens is 435 g/mol. The number of aromatic nitrogens is 3. The third kappa shape index (κ3) is 4.54. The molecule has 9 heteroatoms. The Morgan fingerprint density at radius 1 is 1.23 bits per heavy atom. The number of halogens is 2. The minimum Gasteiger partial charge on any atom is -0.489 e. The molecule has 0 radical (unpaired) electrons. The third-order valence-electron chi connectivity index (χ3n) is 5.51. The van der Waals surface area contributed by atoms with Gasteiger partial charge in [-0.3, -0.25) is 20.0 Å². The Hall–Kier alpha value is -2.61. The number of hydrogen-bond acceptors (Lipinski definition) is 6. The highest BCUT2D eigenvalue weighted by Crippen LogP contribution is 2.28. The fourth-order valence-electron chi connectivity index (χ4n) is 3.47. The maximum Gasteiger partial charge on any atom is 0.120 e. The molecule has 0 atom stereocenters. The molecule has 1 fully saturated rings. The molecular formula is C22H24Cl2N6O. The van der Waals surface area contributed by atoms with E-state index >= 15 is 0 Å². The number of nitrogens with zero attached hydrogens (tertiary/aromatic N) is 4. The number of nitrogens with one attached hydrogen (secondary N) is 1. The van der Waals surface area contributed by atoms with Crippen molar-refractivity contribution in [1.82, 2.24) is 19.7 Å². The highest BCUT2D eigenvalue weighted by Gasteiger charge is 2.30. The van der Waals surface area contributed by atoms with Crippen LogP contribution < -0.4 is 10.5 Å². The van der Waals surface area contributed by atoms with Crippen LogP contribution in [0.1, 0.15) is 36.6 Å². The minimum atomic E-state index is 0.183. The molecule has 3 heterocycles. The summed E-state index contributed by atoms with van der Waals surface area (Å²) < 4.78 is 7.80. The summed E-state index contributed by atoms with van der Waals surface area (Å²) in [5, 5.41) is 14.0. The highest BCUT2D eigenvalue weighted by molar-refractivity contribution is 6.35. The summed E-state index contributed by atoms with van der Waals surface area (Å²) in [7, 11) is 0. The van der Waals surface area contributed by atoms with Gasteiger partial charge in [-0.05, 0) is 32.0 Å². The van der Waals surface area contributed by atoms with Gasteiger partial charge in [0.25, 0.3) is 0 Å². The van der Waals surface area contributed by atoms with Crippen LogP contribution in [-0.4, -0.2) is 44.5 Å². The van der Waals surface area contributed by atoms with Gasteiger partial charge in [0.05, 0.1) is 28.0 Å². The van der Waals surface area contributed by atoms with E-state index in [9.17, 15) is 0 Å². The molecule has 0 bridgehead atoms. The Labute approximate surface area is 191 Å². The second-order valence-electron chi connectivity index (χ2n) is 7.90. The molecule has 0 spiro atoms. The van der Waals surface area contributed by atoms with E-state index in [1.165, 1.54) is 12.4 Å². The second kappa shape index (κ2) is 8.86. The lowest BCUT2D eigenvalue weighted by Crippen LogP contribution is -2.50. The molecule has 1 aliphatic rings. The van der Waals surface area contributed by atoms with Gasteiger partial charge >= 0.3 is 0 Å². The molecule has 3 aromatic rings. The van der Waals surface area contributed by atoms with E-state index in [4.69, 9.17) is 39.1 Å². The van der Waals surface area contributed by atoms with Gasteiger partial charge in [0.1, 0.15) is 12.4 Å². The summed E-state index contributed by atoms with van der Waals surface area (Å²) in [4.78, 5) is 6.33. The molecule has 0 aliphatic carbocycles. The lowest BCUT2D eigenvalue weighted by Gasteiger charge is -2.41. The molecule has 4 rings (SSSR count). The number of nitrogens with two attached hydrogens (primary N) is 1. The maximum absolute atomic E-state index is 8.66. The number of nitrogen functional groups attached to an aromatic ring is 1. The second-order valence-corrected chi connectivity index (χ2v) is 8.72. The van der Waals surface area contributed by atoms with Crippen LogP contribution in [0.15, 0.2) is 43.0 Å². The molecule has 1 aliphatic heterocycles. The zero-order valence-electron chi connectivity index (χ0n) is 17.3. The molecule has 0 unspecified atom stereocenters. The van der Waals surface area contributed by atoms with Gasteiger partial charge in [0, 0.05) is 60.1 Å². The van der Waals surface area contributed by atoms with E-state index in [1.807, 2.05) is 10.9 Å². The molecule has 1 saturated heterocycles. The predicted molar refractivity (Wildman–Crippen MR) is 123 cm³/mol. The number of rotatable bonds is 7. The van der Waals surface area contributed by atoms with Crippen LogP contribution in [0.2, 0.25) is 10.0 Å². The molecule has 0 amide bonds. The van der Waals surface area contributed by atoms with Crippen molar-refractivity contribution in [3.05, 3.63) is 69.7 Å². The van der Waals surface area contributed by atoms with Gasteiger partial charge < -0.3 is 10.5 Å². The zero-order valence-corrected chi connectivity index (χ0v) is 18.9. The molecule has 3 N–H and O–H groups in total. The van der Waals surface area contributed by atoms with Crippen LogP contribution >= 0.6 is 23.2 Å². The molecule has 1 aromatic carbocycles. The Balaban J connectivity index is 1.48. The SMILES string of the molecule is CC(C)N1CC(n2cc(C(=N)c3cc(OCc4c(Cl)cncc4Cl)ccc3N)cn2)C1. The van der Waals surface area contributed by atoms with Crippen LogP contribution in [0.3, 0.4) is 0 Å². The van der Waals surface area contributed by atoms with Gasteiger partial charge in [-0.1, -0.05) is 23.2 Å². The number of ether oxygens (including phenoxy) is 1. The molecule has 2 aromatic heterocycles. The quantitative estimate of drug-likeness (QED) is 0.403. The number of hydrogen-bond donors (Lipinski definition) is 2. The fraction of sp³-hybridized carbons (Fsp3) is 0.318. The number of pyridine rings is 1. The Bertz CT molecular complexity index is 1090. The molecule has 7 nitrogen and oxygen atoms in total. The number of likely N-dealkylation sites (tertiary alicyclic amines) is 1. The van der Waals surface area contributed by atoms with Gasteiger partial charge in [0.2, 0.25) is 0 Å². The van der Waals surface area contributed by atoms with E-state index in [2.05, 4.69) is 28.8 Å². The van der Waals surface area contributed by atoms with Crippen LogP contribution in [0.5, 0.6) is 5.75 Å². The lowest BCUT2D eigenvalue weighted by atomic mass is 10.0. The number of benzene rings is 1. The van der Waals surface area contributed by atoms with Crippen LogP contribution in [-0.2, 0) is 6.61 Å². The molecule has 31 heavy (non-hydrogen) atoms. The average Bonchev–Trinajstić information content (AvgIpc) is 3.16. The fourth-order valence-corrected chi connectivity index (χ4v) is 3.95.